The average Bonchev–Trinajstić information content (AvgIpc) is 3.78. The molecule has 2 aliphatic carbocycles. The molecule has 3 heteroatoms. The molecule has 6 aromatic rings. The van der Waals surface area contributed by atoms with Crippen LogP contribution >= 0.6 is 0 Å². The smallest absolute Gasteiger partial charge is 1.00 e. The van der Waals surface area contributed by atoms with Crippen LogP contribution in [0.15, 0.2) is 118 Å². The van der Waals surface area contributed by atoms with Crippen molar-refractivity contribution in [3.63, 3.8) is 0 Å². The monoisotopic (exact) mass is 1020 g/mol. The van der Waals surface area contributed by atoms with Crippen molar-refractivity contribution >= 4 is 3.21 Å². The van der Waals surface area contributed by atoms with Gasteiger partial charge in [-0.25, -0.2) is 0 Å². The Hall–Kier alpha value is -3.87. The predicted molar refractivity (Wildman–Crippen MR) is 285 cm³/mol. The zero-order valence-corrected chi connectivity index (χ0v) is 48.5. The van der Waals surface area contributed by atoms with E-state index in [0.717, 1.165) is 6.42 Å². The molecule has 0 bridgehead atoms. The minimum atomic E-state index is -3.25. The molecular formula is C65H76Cl2Zr. The van der Waals surface area contributed by atoms with Crippen LogP contribution in [-0.4, -0.2) is 3.21 Å². The zero-order valence-electron chi connectivity index (χ0n) is 44.5. The molecule has 0 amide bonds. The second-order valence-corrected chi connectivity index (χ2v) is 29.6. The number of aryl methyl sites for hydroxylation is 8. The van der Waals surface area contributed by atoms with E-state index in [1.807, 2.05) is 0 Å². The molecule has 68 heavy (non-hydrogen) atoms. The van der Waals surface area contributed by atoms with Crippen molar-refractivity contribution in [2.75, 3.05) is 0 Å². The number of hydrogen-bond acceptors (Lipinski definition) is 0. The molecule has 0 heterocycles. The number of benzene rings is 6. The molecule has 0 saturated carbocycles. The molecule has 2 aliphatic rings. The van der Waals surface area contributed by atoms with E-state index < -0.39 is 21.3 Å². The summed E-state index contributed by atoms with van der Waals surface area (Å²) in [6, 6.07) is 39.7. The second-order valence-electron chi connectivity index (χ2n) is 23.5. The maximum Gasteiger partial charge on any atom is -1.00 e. The summed E-state index contributed by atoms with van der Waals surface area (Å²) in [5, 5.41) is 0. The maximum atomic E-state index is 2.74. The van der Waals surface area contributed by atoms with E-state index in [1.165, 1.54) is 117 Å². The second kappa shape index (κ2) is 19.7. The molecule has 0 aromatic heterocycles. The molecule has 0 saturated heterocycles. The molecule has 1 unspecified atom stereocenters. The third kappa shape index (κ3) is 10.0. The zero-order chi connectivity index (χ0) is 47.9. The summed E-state index contributed by atoms with van der Waals surface area (Å²) in [4.78, 5) is 0. The van der Waals surface area contributed by atoms with Gasteiger partial charge in [-0.2, -0.15) is 0 Å². The number of rotatable bonds is 7. The van der Waals surface area contributed by atoms with Crippen LogP contribution < -0.4 is 24.8 Å². The first-order valence-corrected chi connectivity index (χ1v) is 28.6. The molecule has 0 nitrogen and oxygen atoms in total. The number of allylic oxidation sites excluding steroid dienone is 4. The van der Waals surface area contributed by atoms with Crippen LogP contribution in [0, 0.1) is 66.7 Å². The molecule has 0 fully saturated rings. The van der Waals surface area contributed by atoms with Crippen molar-refractivity contribution in [2.24, 2.45) is 11.3 Å². The van der Waals surface area contributed by atoms with Crippen molar-refractivity contribution in [3.8, 4) is 33.4 Å². The van der Waals surface area contributed by atoms with Gasteiger partial charge in [0.1, 0.15) is 0 Å². The molecular weight excluding hydrogens is 943 g/mol. The predicted octanol–water partition coefficient (Wildman–Crippen LogP) is 11.9. The van der Waals surface area contributed by atoms with E-state index in [-0.39, 0.29) is 44.7 Å². The van der Waals surface area contributed by atoms with Gasteiger partial charge in [0.2, 0.25) is 0 Å². The van der Waals surface area contributed by atoms with Crippen molar-refractivity contribution in [3.05, 3.63) is 196 Å². The van der Waals surface area contributed by atoms with Crippen molar-refractivity contribution in [1.82, 2.24) is 0 Å². The van der Waals surface area contributed by atoms with E-state index in [0.29, 0.717) is 5.92 Å². The van der Waals surface area contributed by atoms with Crippen LogP contribution in [0.1, 0.15) is 157 Å². The third-order valence-corrected chi connectivity index (χ3v) is 23.2. The van der Waals surface area contributed by atoms with Gasteiger partial charge in [-0.05, 0) is 0 Å². The SMILES string of the molecule is CCC1C=C(C(C)(C)C)C=[C]1[Zr+2](=[C](c1ccc(C)cc1)c1ccc(C)cc1)[CH]1c2cc(-c3c(C)cc(C)cc3C)c(C(C)(C)C)cc2-c2cc(C(C)(C)C)c(-c3c(C)cc(C)cc3C)cc21.[Cl-].[Cl-]. The quantitative estimate of drug-likeness (QED) is 0.149. The minimum absolute atomic E-state index is 0. The van der Waals surface area contributed by atoms with Gasteiger partial charge < -0.3 is 24.8 Å². The molecule has 6 aromatic carbocycles. The molecule has 0 radical (unpaired) electrons. The summed E-state index contributed by atoms with van der Waals surface area (Å²) in [7, 11) is 0. The van der Waals surface area contributed by atoms with E-state index in [1.54, 1.807) is 6.49 Å². The third-order valence-electron chi connectivity index (χ3n) is 14.7. The standard InChI is InChI=1S/C39H45.C15H14.C11H17.2ClH.Zr/c1-22-13-24(3)36(25(4)14-22)32-18-28-17-29-19-33(37-26(5)15-23(2)16-27(37)6)35(39(10,11)12)21-31(29)30(28)20-34(32)38(7,8)9;1-12-3-7-14(8-4-12)11-15-9-5-13(2)6-10-15;1-5-9-6-7-10(8-9)11(2,3)4;;;/h13-21H,1-12H3;3-10H,1-2H3;7-9H,5H2,1-4H3;2*1H;/q;;;;;+2/p-2. The van der Waals surface area contributed by atoms with Gasteiger partial charge in [0.15, 0.2) is 0 Å². The van der Waals surface area contributed by atoms with Crippen LogP contribution in [0.3, 0.4) is 0 Å². The van der Waals surface area contributed by atoms with Crippen LogP contribution in [0.5, 0.6) is 0 Å². The Bertz CT molecular complexity index is 2780. The fourth-order valence-electron chi connectivity index (χ4n) is 11.6. The van der Waals surface area contributed by atoms with Gasteiger partial charge in [-0.3, -0.25) is 0 Å². The summed E-state index contributed by atoms with van der Waals surface area (Å²) < 4.78 is 3.58. The van der Waals surface area contributed by atoms with Crippen LogP contribution in [-0.2, 0) is 32.1 Å². The van der Waals surface area contributed by atoms with Gasteiger partial charge in [0.05, 0.1) is 0 Å². The van der Waals surface area contributed by atoms with Gasteiger partial charge >= 0.3 is 411 Å². The van der Waals surface area contributed by atoms with Crippen molar-refractivity contribution in [1.29, 1.82) is 0 Å². The van der Waals surface area contributed by atoms with Gasteiger partial charge in [0.25, 0.3) is 0 Å². The first kappa shape index (κ1) is 53.5. The van der Waals surface area contributed by atoms with Crippen LogP contribution in [0.4, 0.5) is 0 Å². The Morgan fingerprint density at radius 3 is 1.15 bits per heavy atom. The van der Waals surface area contributed by atoms with Gasteiger partial charge in [-0.15, -0.1) is 0 Å². The van der Waals surface area contributed by atoms with E-state index in [4.69, 9.17) is 0 Å². The Kier molecular flexibility index (Phi) is 15.5. The summed E-state index contributed by atoms with van der Waals surface area (Å²) in [6.45, 7) is 42.5. The molecule has 0 N–H and O–H groups in total. The molecule has 0 aliphatic heterocycles. The number of fused-ring (bicyclic) bond motifs is 3. The van der Waals surface area contributed by atoms with Gasteiger partial charge in [0, 0.05) is 0 Å². The van der Waals surface area contributed by atoms with E-state index in [9.17, 15) is 0 Å². The maximum absolute atomic E-state index is 3.25. The first-order chi connectivity index (χ1) is 30.9. The summed E-state index contributed by atoms with van der Waals surface area (Å²) in [6.07, 6.45) is 6.51. The van der Waals surface area contributed by atoms with Crippen molar-refractivity contribution < 1.29 is 46.1 Å². The van der Waals surface area contributed by atoms with E-state index >= 15 is 0 Å². The topological polar surface area (TPSA) is 0 Å². The summed E-state index contributed by atoms with van der Waals surface area (Å²) in [5.41, 5.74) is 29.3. The Labute approximate surface area is 432 Å². The number of halogens is 2. The van der Waals surface area contributed by atoms with E-state index in [2.05, 4.69) is 234 Å². The van der Waals surface area contributed by atoms with Crippen LogP contribution in [0.25, 0.3) is 33.4 Å². The normalized spacial score (nSPS) is 14.6. The molecule has 0 spiro atoms. The Morgan fingerprint density at radius 1 is 0.456 bits per heavy atom. The van der Waals surface area contributed by atoms with Gasteiger partial charge in [-0.1, -0.05) is 0 Å². The molecule has 354 valence electrons. The summed E-state index contributed by atoms with van der Waals surface area (Å²) in [5.74, 6) is 0.400. The largest absolute Gasteiger partial charge is 1.00 e. The first-order valence-electron chi connectivity index (χ1n) is 24.7. The van der Waals surface area contributed by atoms with Crippen LogP contribution in [0.2, 0.25) is 0 Å². The number of hydrogen-bond donors (Lipinski definition) is 0. The summed E-state index contributed by atoms with van der Waals surface area (Å²) >= 11 is -3.25. The minimum Gasteiger partial charge on any atom is -1.00 e. The Morgan fingerprint density at radius 2 is 0.824 bits per heavy atom. The Balaban J connectivity index is 0.00000381. The molecule has 8 rings (SSSR count). The van der Waals surface area contributed by atoms with Crippen molar-refractivity contribution in [2.45, 2.75) is 146 Å². The molecule has 1 atom stereocenters. The fraction of sp³-hybridized carbons (Fsp3) is 0.369. The average molecular weight is 1020 g/mol. The fourth-order valence-corrected chi connectivity index (χ4v) is 21.3.